The van der Waals surface area contributed by atoms with Crippen molar-refractivity contribution in [2.75, 3.05) is 19.7 Å². The highest BCUT2D eigenvalue weighted by Crippen LogP contribution is 2.25. The van der Waals surface area contributed by atoms with E-state index in [0.717, 1.165) is 31.9 Å². The quantitative estimate of drug-likeness (QED) is 0.675. The second-order valence-corrected chi connectivity index (χ2v) is 5.31. The SMILES string of the molecule is CCCCNCCCCOc1c(C)ccc(C)c1C. The molecule has 0 spiro atoms. The summed E-state index contributed by atoms with van der Waals surface area (Å²) in [4.78, 5) is 0. The van der Waals surface area contributed by atoms with E-state index in [4.69, 9.17) is 4.74 Å². The standard InChI is InChI=1S/C17H29NO/c1-5-6-11-18-12-7-8-13-19-17-15(3)10-9-14(2)16(17)4/h9-10,18H,5-8,11-13H2,1-4H3. The molecular weight excluding hydrogens is 234 g/mol. The van der Waals surface area contributed by atoms with E-state index < -0.39 is 0 Å². The summed E-state index contributed by atoms with van der Waals surface area (Å²) >= 11 is 0. The highest BCUT2D eigenvalue weighted by molar-refractivity contribution is 5.44. The van der Waals surface area contributed by atoms with Gasteiger partial charge >= 0.3 is 0 Å². The molecule has 0 aromatic heterocycles. The number of unbranched alkanes of at least 4 members (excludes halogenated alkanes) is 2. The first-order chi connectivity index (χ1) is 9.16. The molecule has 1 rings (SSSR count). The van der Waals surface area contributed by atoms with Gasteiger partial charge in [-0.1, -0.05) is 25.5 Å². The van der Waals surface area contributed by atoms with Gasteiger partial charge in [0.1, 0.15) is 5.75 Å². The van der Waals surface area contributed by atoms with Crippen LogP contribution in [0.25, 0.3) is 0 Å². The second kappa shape index (κ2) is 8.98. The molecule has 2 nitrogen and oxygen atoms in total. The Hall–Kier alpha value is -1.02. The Morgan fingerprint density at radius 3 is 2.37 bits per heavy atom. The average Bonchev–Trinajstić information content (AvgIpc) is 2.40. The molecule has 0 saturated carbocycles. The summed E-state index contributed by atoms with van der Waals surface area (Å²) in [6, 6.07) is 4.30. The zero-order valence-electron chi connectivity index (χ0n) is 13.0. The smallest absolute Gasteiger partial charge is 0.125 e. The lowest BCUT2D eigenvalue weighted by Crippen LogP contribution is -2.17. The van der Waals surface area contributed by atoms with Gasteiger partial charge in [0.2, 0.25) is 0 Å². The van der Waals surface area contributed by atoms with Gasteiger partial charge in [0, 0.05) is 0 Å². The molecule has 0 heterocycles. The average molecular weight is 263 g/mol. The van der Waals surface area contributed by atoms with Crippen molar-refractivity contribution >= 4 is 0 Å². The van der Waals surface area contributed by atoms with Crippen molar-refractivity contribution in [2.45, 2.75) is 53.4 Å². The number of rotatable bonds is 9. The Bertz CT molecular complexity index is 374. The third-order valence-corrected chi connectivity index (χ3v) is 3.57. The predicted octanol–water partition coefficient (Wildman–Crippen LogP) is 4.16. The van der Waals surface area contributed by atoms with Crippen LogP contribution in [-0.4, -0.2) is 19.7 Å². The van der Waals surface area contributed by atoms with E-state index in [1.807, 2.05) is 0 Å². The van der Waals surface area contributed by atoms with Gasteiger partial charge in [-0.2, -0.15) is 0 Å². The Labute approximate surface area is 118 Å². The van der Waals surface area contributed by atoms with Gasteiger partial charge < -0.3 is 10.1 Å². The van der Waals surface area contributed by atoms with E-state index in [-0.39, 0.29) is 0 Å². The zero-order valence-corrected chi connectivity index (χ0v) is 13.0. The fourth-order valence-electron chi connectivity index (χ4n) is 2.10. The van der Waals surface area contributed by atoms with Crippen LogP contribution >= 0.6 is 0 Å². The van der Waals surface area contributed by atoms with Gasteiger partial charge in [-0.15, -0.1) is 0 Å². The number of benzene rings is 1. The maximum Gasteiger partial charge on any atom is 0.125 e. The molecule has 0 aliphatic heterocycles. The molecule has 0 atom stereocenters. The normalized spacial score (nSPS) is 10.7. The van der Waals surface area contributed by atoms with Crippen molar-refractivity contribution in [1.29, 1.82) is 0 Å². The van der Waals surface area contributed by atoms with E-state index in [1.165, 1.54) is 36.0 Å². The number of aryl methyl sites for hydroxylation is 2. The number of hydrogen-bond donors (Lipinski definition) is 1. The van der Waals surface area contributed by atoms with Gasteiger partial charge in [-0.3, -0.25) is 0 Å². The Morgan fingerprint density at radius 2 is 1.63 bits per heavy atom. The fourth-order valence-corrected chi connectivity index (χ4v) is 2.10. The van der Waals surface area contributed by atoms with Gasteiger partial charge in [-0.05, 0) is 69.8 Å². The maximum absolute atomic E-state index is 5.95. The lowest BCUT2D eigenvalue weighted by molar-refractivity contribution is 0.301. The summed E-state index contributed by atoms with van der Waals surface area (Å²) in [5.41, 5.74) is 3.83. The minimum absolute atomic E-state index is 0.820. The van der Waals surface area contributed by atoms with Crippen molar-refractivity contribution in [2.24, 2.45) is 0 Å². The van der Waals surface area contributed by atoms with E-state index in [0.29, 0.717) is 0 Å². The van der Waals surface area contributed by atoms with Crippen molar-refractivity contribution in [1.82, 2.24) is 5.32 Å². The lowest BCUT2D eigenvalue weighted by Gasteiger charge is -2.14. The minimum Gasteiger partial charge on any atom is -0.493 e. The highest BCUT2D eigenvalue weighted by atomic mass is 16.5. The lowest BCUT2D eigenvalue weighted by atomic mass is 10.1. The molecule has 0 amide bonds. The fraction of sp³-hybridized carbons (Fsp3) is 0.647. The van der Waals surface area contributed by atoms with E-state index in [9.17, 15) is 0 Å². The zero-order chi connectivity index (χ0) is 14.1. The van der Waals surface area contributed by atoms with Crippen LogP contribution in [0.3, 0.4) is 0 Å². The molecule has 0 saturated heterocycles. The molecule has 0 unspecified atom stereocenters. The molecule has 0 aliphatic rings. The first-order valence-corrected chi connectivity index (χ1v) is 7.57. The van der Waals surface area contributed by atoms with Crippen LogP contribution in [0.5, 0.6) is 5.75 Å². The van der Waals surface area contributed by atoms with Crippen molar-refractivity contribution in [3.8, 4) is 5.75 Å². The number of nitrogens with one attached hydrogen (secondary N) is 1. The van der Waals surface area contributed by atoms with Crippen molar-refractivity contribution in [3.05, 3.63) is 28.8 Å². The van der Waals surface area contributed by atoms with E-state index in [1.54, 1.807) is 0 Å². The van der Waals surface area contributed by atoms with Gasteiger partial charge in [0.05, 0.1) is 6.61 Å². The molecular formula is C17H29NO. The summed E-state index contributed by atoms with van der Waals surface area (Å²) in [6.45, 7) is 11.7. The second-order valence-electron chi connectivity index (χ2n) is 5.31. The van der Waals surface area contributed by atoms with Gasteiger partial charge in [0.25, 0.3) is 0 Å². The van der Waals surface area contributed by atoms with Crippen LogP contribution in [0.2, 0.25) is 0 Å². The van der Waals surface area contributed by atoms with Gasteiger partial charge in [-0.25, -0.2) is 0 Å². The van der Waals surface area contributed by atoms with Crippen LogP contribution in [0.1, 0.15) is 49.3 Å². The Balaban J connectivity index is 2.21. The Morgan fingerprint density at radius 1 is 0.947 bits per heavy atom. The Kier molecular flexibility index (Phi) is 7.57. The van der Waals surface area contributed by atoms with Crippen LogP contribution in [-0.2, 0) is 0 Å². The third-order valence-electron chi connectivity index (χ3n) is 3.57. The summed E-state index contributed by atoms with van der Waals surface area (Å²) in [5.74, 6) is 1.08. The summed E-state index contributed by atoms with van der Waals surface area (Å²) in [6.07, 6.45) is 4.85. The molecule has 1 aromatic rings. The molecule has 0 bridgehead atoms. The van der Waals surface area contributed by atoms with E-state index in [2.05, 4.69) is 45.1 Å². The first-order valence-electron chi connectivity index (χ1n) is 7.57. The van der Waals surface area contributed by atoms with Crippen LogP contribution in [0, 0.1) is 20.8 Å². The summed E-state index contributed by atoms with van der Waals surface area (Å²) < 4.78 is 5.95. The largest absolute Gasteiger partial charge is 0.493 e. The molecule has 2 heteroatoms. The van der Waals surface area contributed by atoms with Crippen LogP contribution < -0.4 is 10.1 Å². The summed E-state index contributed by atoms with van der Waals surface area (Å²) in [5, 5.41) is 3.46. The molecule has 19 heavy (non-hydrogen) atoms. The van der Waals surface area contributed by atoms with E-state index >= 15 is 0 Å². The molecule has 0 radical (unpaired) electrons. The summed E-state index contributed by atoms with van der Waals surface area (Å²) in [7, 11) is 0. The minimum atomic E-state index is 0.820. The number of hydrogen-bond acceptors (Lipinski definition) is 2. The maximum atomic E-state index is 5.95. The molecule has 1 N–H and O–H groups in total. The molecule has 108 valence electrons. The van der Waals surface area contributed by atoms with Crippen molar-refractivity contribution < 1.29 is 4.74 Å². The highest BCUT2D eigenvalue weighted by Gasteiger charge is 2.05. The molecule has 1 aromatic carbocycles. The van der Waals surface area contributed by atoms with Gasteiger partial charge in [0.15, 0.2) is 0 Å². The van der Waals surface area contributed by atoms with Crippen LogP contribution in [0.15, 0.2) is 12.1 Å². The molecule has 0 aliphatic carbocycles. The monoisotopic (exact) mass is 263 g/mol. The van der Waals surface area contributed by atoms with Crippen molar-refractivity contribution in [3.63, 3.8) is 0 Å². The third kappa shape index (κ3) is 5.65. The topological polar surface area (TPSA) is 21.3 Å². The first kappa shape index (κ1) is 16.0. The number of ether oxygens (including phenoxy) is 1. The predicted molar refractivity (Wildman–Crippen MR) is 83.2 cm³/mol. The van der Waals surface area contributed by atoms with Crippen LogP contribution in [0.4, 0.5) is 0 Å². The molecule has 0 fully saturated rings.